The fourth-order valence-electron chi connectivity index (χ4n) is 2.06. The van der Waals surface area contributed by atoms with Crippen LogP contribution in [0.3, 0.4) is 0 Å². The molecule has 1 aliphatic carbocycles. The van der Waals surface area contributed by atoms with Crippen molar-refractivity contribution in [1.29, 1.82) is 0 Å². The molecule has 0 aliphatic heterocycles. The molecule has 1 fully saturated rings. The van der Waals surface area contributed by atoms with E-state index < -0.39 is 0 Å². The highest BCUT2D eigenvalue weighted by Crippen LogP contribution is 2.31. The predicted octanol–water partition coefficient (Wildman–Crippen LogP) is 2.86. The van der Waals surface area contributed by atoms with E-state index in [1.807, 2.05) is 12.3 Å². The first kappa shape index (κ1) is 15.8. The first-order valence-electron chi connectivity index (χ1n) is 6.91. The summed E-state index contributed by atoms with van der Waals surface area (Å²) in [4.78, 5) is 0. The Bertz CT molecular complexity index is 598. The minimum Gasteiger partial charge on any atom is -0.490 e. The van der Waals surface area contributed by atoms with Crippen molar-refractivity contribution in [2.75, 3.05) is 13.2 Å². The Kier molecular flexibility index (Phi) is 5.20. The van der Waals surface area contributed by atoms with Gasteiger partial charge in [0.15, 0.2) is 11.6 Å². The van der Waals surface area contributed by atoms with Gasteiger partial charge in [-0.2, -0.15) is 5.10 Å². The minimum absolute atomic E-state index is 0. The second-order valence-electron chi connectivity index (χ2n) is 5.18. The highest BCUT2D eigenvalue weighted by Gasteiger charge is 2.22. The number of rotatable bonds is 6. The van der Waals surface area contributed by atoms with Gasteiger partial charge in [-0.05, 0) is 36.5 Å². The van der Waals surface area contributed by atoms with Crippen LogP contribution in [0, 0.1) is 11.7 Å². The third kappa shape index (κ3) is 3.95. The molecular weight excluding hydrogens is 293 g/mol. The molecule has 4 nitrogen and oxygen atoms in total. The van der Waals surface area contributed by atoms with E-state index in [0.717, 1.165) is 11.1 Å². The summed E-state index contributed by atoms with van der Waals surface area (Å²) in [6, 6.07) is 5.04. The zero-order valence-corrected chi connectivity index (χ0v) is 12.5. The maximum Gasteiger partial charge on any atom is 0.165 e. The number of hydrogen-bond donors (Lipinski definition) is 1. The molecule has 1 saturated carbocycles. The Balaban J connectivity index is 0.00000161. The smallest absolute Gasteiger partial charge is 0.165 e. The van der Waals surface area contributed by atoms with Gasteiger partial charge in [-0.25, -0.2) is 4.39 Å². The maximum absolute atomic E-state index is 14.0. The molecule has 0 radical (unpaired) electrons. The van der Waals surface area contributed by atoms with Crippen molar-refractivity contribution in [2.24, 2.45) is 11.7 Å². The number of nitrogens with two attached hydrogens (primary N) is 1. The van der Waals surface area contributed by atoms with Gasteiger partial charge in [0.1, 0.15) is 0 Å². The van der Waals surface area contributed by atoms with Gasteiger partial charge in [-0.1, -0.05) is 6.07 Å². The normalized spacial score (nSPS) is 13.8. The second-order valence-corrected chi connectivity index (χ2v) is 5.18. The van der Waals surface area contributed by atoms with Crippen LogP contribution in [0.1, 0.15) is 12.8 Å². The fourth-order valence-corrected chi connectivity index (χ4v) is 2.06. The summed E-state index contributed by atoms with van der Waals surface area (Å²) in [7, 11) is 0. The second kappa shape index (κ2) is 6.91. The molecule has 0 saturated heterocycles. The standard InChI is InChI=1S/C15H18FN3O.ClH/c16-14-7-12(13-8-18-19(9-13)6-5-17)3-4-15(14)20-10-11-1-2-11;/h3-4,7-9,11H,1-2,5-6,10,17H2;1H. The van der Waals surface area contributed by atoms with E-state index in [-0.39, 0.29) is 18.2 Å². The van der Waals surface area contributed by atoms with Crippen LogP contribution in [0.2, 0.25) is 0 Å². The lowest BCUT2D eigenvalue weighted by Crippen LogP contribution is -2.09. The van der Waals surface area contributed by atoms with Gasteiger partial charge in [0, 0.05) is 18.3 Å². The van der Waals surface area contributed by atoms with Crippen LogP contribution in [0.5, 0.6) is 5.75 Å². The van der Waals surface area contributed by atoms with Crippen LogP contribution in [0.15, 0.2) is 30.6 Å². The number of benzene rings is 1. The van der Waals surface area contributed by atoms with Gasteiger partial charge in [-0.15, -0.1) is 12.4 Å². The van der Waals surface area contributed by atoms with Crippen molar-refractivity contribution in [1.82, 2.24) is 9.78 Å². The number of ether oxygens (including phenoxy) is 1. The lowest BCUT2D eigenvalue weighted by atomic mass is 10.1. The van der Waals surface area contributed by atoms with E-state index >= 15 is 0 Å². The van der Waals surface area contributed by atoms with E-state index in [2.05, 4.69) is 5.10 Å². The molecule has 1 aliphatic rings. The summed E-state index contributed by atoms with van der Waals surface area (Å²) in [5.41, 5.74) is 7.15. The number of halogens is 2. The molecule has 0 unspecified atom stereocenters. The Morgan fingerprint density at radius 2 is 2.14 bits per heavy atom. The molecule has 2 N–H and O–H groups in total. The van der Waals surface area contributed by atoms with Gasteiger partial charge < -0.3 is 10.5 Å². The van der Waals surface area contributed by atoms with Crippen molar-refractivity contribution in [2.45, 2.75) is 19.4 Å². The van der Waals surface area contributed by atoms with Crippen molar-refractivity contribution in [3.05, 3.63) is 36.4 Å². The number of hydrogen-bond acceptors (Lipinski definition) is 3. The van der Waals surface area contributed by atoms with Crippen molar-refractivity contribution in [3.8, 4) is 16.9 Å². The lowest BCUT2D eigenvalue weighted by Gasteiger charge is -2.07. The SMILES string of the molecule is Cl.NCCn1cc(-c2ccc(OCC3CC3)c(F)c2)cn1. The summed E-state index contributed by atoms with van der Waals surface area (Å²) in [5.74, 6) is 0.619. The van der Waals surface area contributed by atoms with Crippen LogP contribution < -0.4 is 10.5 Å². The molecule has 114 valence electrons. The van der Waals surface area contributed by atoms with E-state index in [1.165, 1.54) is 18.9 Å². The number of aromatic nitrogens is 2. The molecule has 3 rings (SSSR count). The van der Waals surface area contributed by atoms with E-state index in [4.69, 9.17) is 10.5 Å². The van der Waals surface area contributed by atoms with E-state index in [9.17, 15) is 4.39 Å². The average molecular weight is 312 g/mol. The van der Waals surface area contributed by atoms with E-state index in [1.54, 1.807) is 16.9 Å². The number of nitrogens with zero attached hydrogens (tertiary/aromatic N) is 2. The quantitative estimate of drug-likeness (QED) is 0.892. The van der Waals surface area contributed by atoms with Gasteiger partial charge >= 0.3 is 0 Å². The highest BCUT2D eigenvalue weighted by molar-refractivity contribution is 5.85. The summed E-state index contributed by atoms with van der Waals surface area (Å²) in [6.45, 7) is 1.80. The van der Waals surface area contributed by atoms with Crippen molar-refractivity contribution < 1.29 is 9.13 Å². The summed E-state index contributed by atoms with van der Waals surface area (Å²) < 4.78 is 21.2. The largest absolute Gasteiger partial charge is 0.490 e. The van der Waals surface area contributed by atoms with Crippen LogP contribution >= 0.6 is 12.4 Å². The molecular formula is C15H19ClFN3O. The van der Waals surface area contributed by atoms with Gasteiger partial charge in [0.25, 0.3) is 0 Å². The maximum atomic E-state index is 14.0. The van der Waals surface area contributed by atoms with Crippen molar-refractivity contribution in [3.63, 3.8) is 0 Å². The molecule has 1 aromatic heterocycles. The first-order valence-corrected chi connectivity index (χ1v) is 6.91. The first-order chi connectivity index (χ1) is 9.76. The molecule has 1 heterocycles. The zero-order chi connectivity index (χ0) is 13.9. The van der Waals surface area contributed by atoms with Gasteiger partial charge in [-0.3, -0.25) is 4.68 Å². The van der Waals surface area contributed by atoms with E-state index in [0.29, 0.717) is 31.4 Å². The Labute approximate surface area is 129 Å². The van der Waals surface area contributed by atoms with Gasteiger partial charge in [0.2, 0.25) is 0 Å². The molecule has 0 amide bonds. The summed E-state index contributed by atoms with van der Waals surface area (Å²) >= 11 is 0. The lowest BCUT2D eigenvalue weighted by molar-refractivity contribution is 0.285. The topological polar surface area (TPSA) is 53.1 Å². The molecule has 1 aromatic carbocycles. The molecule has 21 heavy (non-hydrogen) atoms. The monoisotopic (exact) mass is 311 g/mol. The minimum atomic E-state index is -0.324. The van der Waals surface area contributed by atoms with Crippen LogP contribution in [0.25, 0.3) is 11.1 Å². The molecule has 0 atom stereocenters. The van der Waals surface area contributed by atoms with Crippen LogP contribution in [0.4, 0.5) is 4.39 Å². The Morgan fingerprint density at radius 3 is 2.81 bits per heavy atom. The summed E-state index contributed by atoms with van der Waals surface area (Å²) in [5, 5.41) is 4.19. The van der Waals surface area contributed by atoms with Crippen LogP contribution in [-0.4, -0.2) is 22.9 Å². The summed E-state index contributed by atoms with van der Waals surface area (Å²) in [6.07, 6.45) is 5.97. The average Bonchev–Trinajstić information content (AvgIpc) is 3.16. The molecule has 0 spiro atoms. The third-order valence-electron chi connectivity index (χ3n) is 3.43. The zero-order valence-electron chi connectivity index (χ0n) is 11.7. The third-order valence-corrected chi connectivity index (χ3v) is 3.43. The molecule has 6 heteroatoms. The molecule has 2 aromatic rings. The Hall–Kier alpha value is -1.59. The van der Waals surface area contributed by atoms with Crippen LogP contribution in [-0.2, 0) is 6.54 Å². The highest BCUT2D eigenvalue weighted by atomic mass is 35.5. The van der Waals surface area contributed by atoms with Crippen molar-refractivity contribution >= 4 is 12.4 Å². The van der Waals surface area contributed by atoms with Gasteiger partial charge in [0.05, 0.1) is 19.3 Å². The fraction of sp³-hybridized carbons (Fsp3) is 0.400. The Morgan fingerprint density at radius 1 is 1.33 bits per heavy atom. The predicted molar refractivity (Wildman–Crippen MR) is 82.1 cm³/mol. The molecule has 0 bridgehead atoms.